The minimum atomic E-state index is 1.20. The molecule has 17 heavy (non-hydrogen) atoms. The lowest BCUT2D eigenvalue weighted by molar-refractivity contribution is 0.795. The smallest absolute Gasteiger partial charge is 0.0184 e. The lowest BCUT2D eigenvalue weighted by atomic mass is 10.0. The third-order valence-corrected chi connectivity index (χ3v) is 3.40. The zero-order valence-corrected chi connectivity index (χ0v) is 11.5. The van der Waals surface area contributed by atoms with Crippen molar-refractivity contribution in [2.75, 3.05) is 0 Å². The summed E-state index contributed by atoms with van der Waals surface area (Å²) in [6, 6.07) is 17.5. The van der Waals surface area contributed by atoms with Crippen molar-refractivity contribution in [1.82, 2.24) is 0 Å². The highest BCUT2D eigenvalue weighted by Gasteiger charge is 1.97. The van der Waals surface area contributed by atoms with Crippen molar-refractivity contribution < 1.29 is 0 Å². The van der Waals surface area contributed by atoms with Crippen molar-refractivity contribution >= 4 is 14.5 Å². The van der Waals surface area contributed by atoms with Crippen LogP contribution in [0.5, 0.6) is 0 Å². The van der Waals surface area contributed by atoms with E-state index in [4.69, 9.17) is 0 Å². The highest BCUT2D eigenvalue weighted by molar-refractivity contribution is 7.27. The fraction of sp³-hybridized carbons (Fsp3) is 0.250. The van der Waals surface area contributed by atoms with Gasteiger partial charge in [0.15, 0.2) is 0 Å². The van der Waals surface area contributed by atoms with Gasteiger partial charge in [-0.2, -0.15) is 0 Å². The Labute approximate surface area is 106 Å². The standard InChI is InChI=1S/C16H19P/c1-2-3-4-13-5-7-14(8-6-13)15-9-11-16(17)12-10-15/h5-12H,2-4,17H2,1H3. The predicted octanol–water partition coefficient (Wildman–Crippen LogP) is 4.20. The fourth-order valence-electron chi connectivity index (χ4n) is 1.92. The molecule has 1 atom stereocenters. The number of unbranched alkanes of at least 4 members (excludes halogenated alkanes) is 1. The van der Waals surface area contributed by atoms with Crippen LogP contribution in [0, 0.1) is 0 Å². The molecule has 0 aromatic heterocycles. The van der Waals surface area contributed by atoms with Gasteiger partial charge < -0.3 is 0 Å². The normalized spacial score (nSPS) is 10.5. The van der Waals surface area contributed by atoms with Gasteiger partial charge in [-0.15, -0.1) is 9.24 Å². The minimum Gasteiger partial charge on any atom is -0.106 e. The monoisotopic (exact) mass is 242 g/mol. The summed E-state index contributed by atoms with van der Waals surface area (Å²) in [5.74, 6) is 0. The van der Waals surface area contributed by atoms with E-state index in [1.165, 1.54) is 41.3 Å². The number of hydrogen-bond donors (Lipinski definition) is 0. The molecule has 0 spiro atoms. The van der Waals surface area contributed by atoms with Crippen LogP contribution in [-0.4, -0.2) is 0 Å². The summed E-state index contributed by atoms with van der Waals surface area (Å²) in [7, 11) is 2.72. The molecule has 0 aliphatic rings. The fourth-order valence-corrected chi connectivity index (χ4v) is 2.11. The van der Waals surface area contributed by atoms with Crippen molar-refractivity contribution in [3.63, 3.8) is 0 Å². The quantitative estimate of drug-likeness (QED) is 0.705. The van der Waals surface area contributed by atoms with Gasteiger partial charge in [0.1, 0.15) is 0 Å². The molecule has 1 unspecified atom stereocenters. The molecule has 0 aliphatic heterocycles. The Balaban J connectivity index is 2.14. The van der Waals surface area contributed by atoms with Gasteiger partial charge in [-0.25, -0.2) is 0 Å². The summed E-state index contributed by atoms with van der Waals surface area (Å²) in [6.45, 7) is 2.23. The molecular weight excluding hydrogens is 223 g/mol. The van der Waals surface area contributed by atoms with Crippen LogP contribution in [0.4, 0.5) is 0 Å². The Bertz CT molecular complexity index is 454. The SMILES string of the molecule is CCCCc1ccc(-c2ccc(P)cc2)cc1. The molecule has 88 valence electrons. The van der Waals surface area contributed by atoms with E-state index < -0.39 is 0 Å². The topological polar surface area (TPSA) is 0 Å². The summed E-state index contributed by atoms with van der Waals surface area (Å²) < 4.78 is 0. The summed E-state index contributed by atoms with van der Waals surface area (Å²) in [6.07, 6.45) is 3.74. The molecule has 0 fully saturated rings. The van der Waals surface area contributed by atoms with Crippen LogP contribution in [0.3, 0.4) is 0 Å². The van der Waals surface area contributed by atoms with Gasteiger partial charge >= 0.3 is 0 Å². The molecule has 0 nitrogen and oxygen atoms in total. The largest absolute Gasteiger partial charge is 0.106 e. The molecule has 0 saturated heterocycles. The van der Waals surface area contributed by atoms with E-state index in [9.17, 15) is 0 Å². The molecule has 0 bridgehead atoms. The maximum atomic E-state index is 2.72. The second kappa shape index (κ2) is 5.98. The molecule has 0 saturated carbocycles. The van der Waals surface area contributed by atoms with E-state index >= 15 is 0 Å². The Morgan fingerprint density at radius 2 is 1.35 bits per heavy atom. The molecule has 2 aromatic rings. The Kier molecular flexibility index (Phi) is 4.34. The lowest BCUT2D eigenvalue weighted by Crippen LogP contribution is -1.89. The van der Waals surface area contributed by atoms with E-state index in [0.717, 1.165) is 0 Å². The summed E-state index contributed by atoms with van der Waals surface area (Å²) in [5.41, 5.74) is 4.03. The van der Waals surface area contributed by atoms with Crippen LogP contribution in [0.1, 0.15) is 25.3 Å². The van der Waals surface area contributed by atoms with Crippen LogP contribution in [0.25, 0.3) is 11.1 Å². The highest BCUT2D eigenvalue weighted by Crippen LogP contribution is 2.19. The summed E-state index contributed by atoms with van der Waals surface area (Å²) >= 11 is 0. The molecule has 0 radical (unpaired) electrons. The first kappa shape index (κ1) is 12.3. The second-order valence-corrected chi connectivity index (χ2v) is 5.09. The van der Waals surface area contributed by atoms with Crippen LogP contribution >= 0.6 is 9.24 Å². The molecular formula is C16H19P. The van der Waals surface area contributed by atoms with E-state index in [1.54, 1.807) is 0 Å². The van der Waals surface area contributed by atoms with Gasteiger partial charge in [0.2, 0.25) is 0 Å². The van der Waals surface area contributed by atoms with Gasteiger partial charge in [-0.1, -0.05) is 61.9 Å². The van der Waals surface area contributed by atoms with E-state index in [2.05, 4.69) is 64.7 Å². The molecule has 1 heteroatoms. The number of aryl methyl sites for hydroxylation is 1. The Morgan fingerprint density at radius 1 is 0.824 bits per heavy atom. The molecule has 0 N–H and O–H groups in total. The predicted molar refractivity (Wildman–Crippen MR) is 79.8 cm³/mol. The van der Waals surface area contributed by atoms with Gasteiger partial charge in [-0.05, 0) is 34.8 Å². The number of benzene rings is 2. The minimum absolute atomic E-state index is 1.20. The van der Waals surface area contributed by atoms with Crippen LogP contribution in [0.15, 0.2) is 48.5 Å². The Hall–Kier alpha value is -1.13. The average Bonchev–Trinajstić information content (AvgIpc) is 2.38. The van der Waals surface area contributed by atoms with Crippen LogP contribution in [0.2, 0.25) is 0 Å². The first-order valence-electron chi connectivity index (χ1n) is 6.24. The van der Waals surface area contributed by atoms with Crippen molar-refractivity contribution in [1.29, 1.82) is 0 Å². The molecule has 2 aromatic carbocycles. The van der Waals surface area contributed by atoms with Crippen molar-refractivity contribution in [2.24, 2.45) is 0 Å². The zero-order valence-electron chi connectivity index (χ0n) is 10.3. The third kappa shape index (κ3) is 3.41. The first-order chi connectivity index (χ1) is 8.29. The first-order valence-corrected chi connectivity index (χ1v) is 6.82. The van der Waals surface area contributed by atoms with E-state index in [1.807, 2.05) is 0 Å². The average molecular weight is 242 g/mol. The lowest BCUT2D eigenvalue weighted by Gasteiger charge is -2.04. The highest BCUT2D eigenvalue weighted by atomic mass is 31.0. The molecule has 2 rings (SSSR count). The zero-order chi connectivity index (χ0) is 12.1. The van der Waals surface area contributed by atoms with Gasteiger partial charge in [0.25, 0.3) is 0 Å². The third-order valence-electron chi connectivity index (χ3n) is 3.02. The van der Waals surface area contributed by atoms with Gasteiger partial charge in [-0.3, -0.25) is 0 Å². The van der Waals surface area contributed by atoms with Gasteiger partial charge in [0, 0.05) is 0 Å². The van der Waals surface area contributed by atoms with Crippen LogP contribution in [-0.2, 0) is 6.42 Å². The maximum absolute atomic E-state index is 2.72. The Morgan fingerprint density at radius 3 is 1.88 bits per heavy atom. The van der Waals surface area contributed by atoms with E-state index in [-0.39, 0.29) is 0 Å². The van der Waals surface area contributed by atoms with Crippen molar-refractivity contribution in [3.05, 3.63) is 54.1 Å². The summed E-state index contributed by atoms with van der Waals surface area (Å²) in [4.78, 5) is 0. The molecule has 0 heterocycles. The van der Waals surface area contributed by atoms with E-state index in [0.29, 0.717) is 0 Å². The molecule has 0 amide bonds. The van der Waals surface area contributed by atoms with Crippen molar-refractivity contribution in [3.8, 4) is 11.1 Å². The number of rotatable bonds is 4. The maximum Gasteiger partial charge on any atom is -0.0184 e. The number of hydrogen-bond acceptors (Lipinski definition) is 0. The van der Waals surface area contributed by atoms with Crippen molar-refractivity contribution in [2.45, 2.75) is 26.2 Å². The molecule has 0 aliphatic carbocycles. The van der Waals surface area contributed by atoms with Gasteiger partial charge in [0.05, 0.1) is 0 Å². The van der Waals surface area contributed by atoms with Crippen LogP contribution < -0.4 is 5.30 Å². The second-order valence-electron chi connectivity index (χ2n) is 4.42. The summed E-state index contributed by atoms with van der Waals surface area (Å²) in [5, 5.41) is 1.23.